The number of carbonyl (C=O) groups excluding carboxylic acids is 2. The van der Waals surface area contributed by atoms with Crippen LogP contribution in [0.5, 0.6) is 0 Å². The summed E-state index contributed by atoms with van der Waals surface area (Å²) in [5, 5.41) is 12.3. The molecule has 0 aliphatic heterocycles. The average molecular weight is 410 g/mol. The van der Waals surface area contributed by atoms with Crippen molar-refractivity contribution in [2.45, 2.75) is 19.9 Å². The first-order valence-corrected chi connectivity index (χ1v) is 9.83. The zero-order chi connectivity index (χ0) is 20.6. The third-order valence-electron chi connectivity index (χ3n) is 4.49. The molecule has 0 aliphatic carbocycles. The number of hydrogen-bond donors (Lipinski definition) is 3. The van der Waals surface area contributed by atoms with Gasteiger partial charge in [-0.15, -0.1) is 0 Å². The Kier molecular flexibility index (Phi) is 6.91. The number of benzene rings is 2. The van der Waals surface area contributed by atoms with Crippen molar-refractivity contribution < 1.29 is 9.59 Å². The quantitative estimate of drug-likeness (QED) is 0.499. The minimum absolute atomic E-state index is 0.0834. The predicted octanol–water partition coefficient (Wildman–Crippen LogP) is 2.72. The predicted molar refractivity (Wildman–Crippen MR) is 114 cm³/mol. The molecule has 2 aromatic carbocycles. The molecule has 3 aromatic rings. The summed E-state index contributed by atoms with van der Waals surface area (Å²) in [7, 11) is 0. The van der Waals surface area contributed by atoms with Gasteiger partial charge in [0.2, 0.25) is 5.91 Å². The van der Waals surface area contributed by atoms with Gasteiger partial charge in [0.1, 0.15) is 5.82 Å². The summed E-state index contributed by atoms with van der Waals surface area (Å²) >= 11 is 5.14. The van der Waals surface area contributed by atoms with Crippen molar-refractivity contribution in [3.63, 3.8) is 0 Å². The number of aromatic amines is 1. The van der Waals surface area contributed by atoms with Crippen LogP contribution in [0.1, 0.15) is 23.1 Å². The maximum absolute atomic E-state index is 12.3. The van der Waals surface area contributed by atoms with E-state index < -0.39 is 0 Å². The molecular weight excluding hydrogens is 386 g/mol. The van der Waals surface area contributed by atoms with Crippen LogP contribution in [-0.2, 0) is 17.8 Å². The van der Waals surface area contributed by atoms with E-state index in [1.165, 1.54) is 0 Å². The molecule has 150 valence electrons. The smallest absolute Gasteiger partial charge is 0.251 e. The highest BCUT2D eigenvalue weighted by Gasteiger charge is 2.09. The van der Waals surface area contributed by atoms with Gasteiger partial charge in [-0.1, -0.05) is 42.5 Å². The standard InChI is InChI=1S/C21H23N5O2S/c1-2-26-18(24-25-21(26)29)12-13-22-19(27)14-23-20(28)17-10-8-16(9-11-17)15-6-4-3-5-7-15/h3-11H,2,12-14H2,1H3,(H,22,27)(H,23,28)(H,25,29). The second-order valence-electron chi connectivity index (χ2n) is 6.42. The summed E-state index contributed by atoms with van der Waals surface area (Å²) in [5.74, 6) is 0.253. The molecular formula is C21H23N5O2S. The van der Waals surface area contributed by atoms with Gasteiger partial charge < -0.3 is 15.2 Å². The zero-order valence-corrected chi connectivity index (χ0v) is 17.0. The monoisotopic (exact) mass is 409 g/mol. The number of H-pyrrole nitrogens is 1. The lowest BCUT2D eigenvalue weighted by Gasteiger charge is -2.08. The lowest BCUT2D eigenvalue weighted by Crippen LogP contribution is -2.37. The number of nitrogens with zero attached hydrogens (tertiary/aromatic N) is 2. The number of amides is 2. The molecule has 1 heterocycles. The van der Waals surface area contributed by atoms with Gasteiger partial charge in [-0.25, -0.2) is 0 Å². The van der Waals surface area contributed by atoms with Gasteiger partial charge >= 0.3 is 0 Å². The zero-order valence-electron chi connectivity index (χ0n) is 16.1. The first-order chi connectivity index (χ1) is 14.1. The molecule has 0 fully saturated rings. The molecule has 3 rings (SSSR count). The summed E-state index contributed by atoms with van der Waals surface area (Å²) in [5.41, 5.74) is 2.63. The van der Waals surface area contributed by atoms with E-state index in [4.69, 9.17) is 12.2 Å². The number of nitrogens with one attached hydrogen (secondary N) is 3. The van der Waals surface area contributed by atoms with E-state index in [1.54, 1.807) is 12.1 Å². The molecule has 0 unspecified atom stereocenters. The Morgan fingerprint density at radius 2 is 1.72 bits per heavy atom. The molecule has 29 heavy (non-hydrogen) atoms. The molecule has 8 heteroatoms. The largest absolute Gasteiger partial charge is 0.354 e. The Labute approximate surface area is 174 Å². The van der Waals surface area contributed by atoms with Crippen LogP contribution in [-0.4, -0.2) is 39.7 Å². The summed E-state index contributed by atoms with van der Waals surface area (Å²) in [6.07, 6.45) is 0.557. The van der Waals surface area contributed by atoms with E-state index in [-0.39, 0.29) is 18.4 Å². The van der Waals surface area contributed by atoms with Crippen molar-refractivity contribution >= 4 is 24.0 Å². The topological polar surface area (TPSA) is 91.8 Å². The van der Waals surface area contributed by atoms with Crippen LogP contribution in [0.25, 0.3) is 11.1 Å². The van der Waals surface area contributed by atoms with E-state index in [2.05, 4.69) is 20.8 Å². The highest BCUT2D eigenvalue weighted by atomic mass is 32.1. The van der Waals surface area contributed by atoms with Crippen molar-refractivity contribution in [3.8, 4) is 11.1 Å². The van der Waals surface area contributed by atoms with E-state index in [9.17, 15) is 9.59 Å². The van der Waals surface area contributed by atoms with Crippen molar-refractivity contribution in [1.29, 1.82) is 0 Å². The van der Waals surface area contributed by atoms with Crippen molar-refractivity contribution in [3.05, 3.63) is 70.8 Å². The van der Waals surface area contributed by atoms with Crippen LogP contribution in [0.2, 0.25) is 0 Å². The SMILES string of the molecule is CCn1c(CCNC(=O)CNC(=O)c2ccc(-c3ccccc3)cc2)n[nH]c1=S. The molecule has 0 atom stereocenters. The summed E-state index contributed by atoms with van der Waals surface area (Å²) < 4.78 is 2.45. The third-order valence-corrected chi connectivity index (χ3v) is 4.80. The summed E-state index contributed by atoms with van der Waals surface area (Å²) in [4.78, 5) is 24.2. The maximum Gasteiger partial charge on any atom is 0.251 e. The Morgan fingerprint density at radius 1 is 1.03 bits per heavy atom. The average Bonchev–Trinajstić information content (AvgIpc) is 3.12. The first-order valence-electron chi connectivity index (χ1n) is 9.43. The Morgan fingerprint density at radius 3 is 2.41 bits per heavy atom. The second-order valence-corrected chi connectivity index (χ2v) is 6.80. The van der Waals surface area contributed by atoms with Gasteiger partial charge in [-0.05, 0) is 42.4 Å². The highest BCUT2D eigenvalue weighted by Crippen LogP contribution is 2.19. The number of hydrogen-bond acceptors (Lipinski definition) is 4. The number of carbonyl (C=O) groups is 2. The van der Waals surface area contributed by atoms with Crippen LogP contribution in [0.3, 0.4) is 0 Å². The van der Waals surface area contributed by atoms with Gasteiger partial charge in [0, 0.05) is 25.1 Å². The molecule has 0 radical (unpaired) electrons. The molecule has 0 spiro atoms. The lowest BCUT2D eigenvalue weighted by molar-refractivity contribution is -0.120. The molecule has 0 aliphatic rings. The Balaban J connectivity index is 1.45. The van der Waals surface area contributed by atoms with Gasteiger partial charge in [0.05, 0.1) is 6.54 Å². The van der Waals surface area contributed by atoms with Crippen molar-refractivity contribution in [2.75, 3.05) is 13.1 Å². The Hall–Kier alpha value is -3.26. The molecule has 3 N–H and O–H groups in total. The molecule has 1 aromatic heterocycles. The molecule has 0 saturated carbocycles. The van der Waals surface area contributed by atoms with Crippen molar-refractivity contribution in [1.82, 2.24) is 25.4 Å². The summed E-state index contributed by atoms with van der Waals surface area (Å²) in [6, 6.07) is 17.2. The van der Waals surface area contributed by atoms with E-state index in [0.717, 1.165) is 23.5 Å². The lowest BCUT2D eigenvalue weighted by atomic mass is 10.0. The fourth-order valence-corrected chi connectivity index (χ4v) is 3.23. The van der Waals surface area contributed by atoms with Gasteiger partial charge in [-0.3, -0.25) is 14.7 Å². The highest BCUT2D eigenvalue weighted by molar-refractivity contribution is 7.71. The maximum atomic E-state index is 12.3. The van der Waals surface area contributed by atoms with E-state index in [0.29, 0.717) is 23.3 Å². The fraction of sp³-hybridized carbons (Fsp3) is 0.238. The van der Waals surface area contributed by atoms with Crippen LogP contribution in [0.4, 0.5) is 0 Å². The van der Waals surface area contributed by atoms with Crippen LogP contribution < -0.4 is 10.6 Å². The van der Waals surface area contributed by atoms with Crippen LogP contribution in [0, 0.1) is 4.77 Å². The fourth-order valence-electron chi connectivity index (χ4n) is 2.95. The summed E-state index contributed by atoms with van der Waals surface area (Å²) in [6.45, 7) is 3.03. The van der Waals surface area contributed by atoms with Crippen LogP contribution in [0.15, 0.2) is 54.6 Å². The first kappa shape index (κ1) is 20.5. The van der Waals surface area contributed by atoms with Crippen LogP contribution >= 0.6 is 12.2 Å². The van der Waals surface area contributed by atoms with Gasteiger partial charge in [-0.2, -0.15) is 5.10 Å². The normalized spacial score (nSPS) is 10.5. The van der Waals surface area contributed by atoms with E-state index in [1.807, 2.05) is 54.0 Å². The minimum Gasteiger partial charge on any atom is -0.354 e. The number of aromatic nitrogens is 3. The number of rotatable bonds is 8. The molecule has 7 nitrogen and oxygen atoms in total. The van der Waals surface area contributed by atoms with Gasteiger partial charge in [0.15, 0.2) is 4.77 Å². The Bertz CT molecular complexity index is 1030. The third kappa shape index (κ3) is 5.39. The molecule has 0 bridgehead atoms. The van der Waals surface area contributed by atoms with E-state index >= 15 is 0 Å². The second kappa shape index (κ2) is 9.79. The molecule has 0 saturated heterocycles. The van der Waals surface area contributed by atoms with Gasteiger partial charge in [0.25, 0.3) is 5.91 Å². The minimum atomic E-state index is -0.286. The molecule has 2 amide bonds. The van der Waals surface area contributed by atoms with Crippen molar-refractivity contribution in [2.24, 2.45) is 0 Å².